The minimum absolute atomic E-state index is 0.137. The molecule has 0 radical (unpaired) electrons. The van der Waals surface area contributed by atoms with Crippen LogP contribution in [0.15, 0.2) is 18.2 Å². The topological polar surface area (TPSA) is 107 Å². The number of aromatic nitrogens is 2. The van der Waals surface area contributed by atoms with Crippen LogP contribution in [0.5, 0.6) is 5.75 Å². The van der Waals surface area contributed by atoms with Gasteiger partial charge in [0.1, 0.15) is 5.01 Å². The monoisotopic (exact) mass is 364 g/mol. The van der Waals surface area contributed by atoms with Crippen LogP contribution in [0, 0.1) is 10.1 Å². The first kappa shape index (κ1) is 18.8. The second-order valence-electron chi connectivity index (χ2n) is 5.28. The van der Waals surface area contributed by atoms with Crippen LogP contribution in [0.3, 0.4) is 0 Å². The summed E-state index contributed by atoms with van der Waals surface area (Å²) in [5.74, 6) is -0.333. The molecule has 134 valence electrons. The fourth-order valence-corrected chi connectivity index (χ4v) is 2.96. The summed E-state index contributed by atoms with van der Waals surface area (Å²) in [7, 11) is 0. The fraction of sp³-hybridized carbons (Fsp3) is 0.438. The Kier molecular flexibility index (Phi) is 6.81. The van der Waals surface area contributed by atoms with Crippen LogP contribution in [-0.4, -0.2) is 27.6 Å². The molecule has 1 aromatic heterocycles. The van der Waals surface area contributed by atoms with Gasteiger partial charge < -0.3 is 4.74 Å². The van der Waals surface area contributed by atoms with E-state index >= 15 is 0 Å². The molecule has 25 heavy (non-hydrogen) atoms. The molecule has 0 saturated heterocycles. The standard InChI is InChI=1S/C16H20N4O4S/c1-3-5-6-7-14-18-19-16(25-14)17-15(21)11-8-9-13(24-4-2)12(10-11)20(22)23/h8-10H,3-7H2,1-2H3,(H,17,19,21). The Morgan fingerprint density at radius 1 is 1.32 bits per heavy atom. The number of nitro benzene ring substituents is 1. The molecule has 9 heteroatoms. The van der Waals surface area contributed by atoms with Gasteiger partial charge in [-0.15, -0.1) is 10.2 Å². The average molecular weight is 364 g/mol. The molecule has 1 amide bonds. The number of unbranched alkanes of at least 4 members (excludes halogenated alkanes) is 2. The van der Waals surface area contributed by atoms with Gasteiger partial charge in [-0.3, -0.25) is 20.2 Å². The number of hydrogen-bond acceptors (Lipinski definition) is 7. The highest BCUT2D eigenvalue weighted by Crippen LogP contribution is 2.28. The number of nitrogens with one attached hydrogen (secondary N) is 1. The predicted octanol–water partition coefficient (Wildman–Crippen LogP) is 3.83. The van der Waals surface area contributed by atoms with Crippen molar-refractivity contribution in [2.24, 2.45) is 0 Å². The van der Waals surface area contributed by atoms with Crippen LogP contribution in [-0.2, 0) is 6.42 Å². The number of anilines is 1. The van der Waals surface area contributed by atoms with Crippen LogP contribution >= 0.6 is 11.3 Å². The summed E-state index contributed by atoms with van der Waals surface area (Å²) in [5, 5.41) is 23.0. The van der Waals surface area contributed by atoms with Crippen molar-refractivity contribution in [2.75, 3.05) is 11.9 Å². The third-order valence-electron chi connectivity index (χ3n) is 3.40. The fourth-order valence-electron chi connectivity index (χ4n) is 2.18. The summed E-state index contributed by atoms with van der Waals surface area (Å²) in [4.78, 5) is 22.9. The van der Waals surface area contributed by atoms with Gasteiger partial charge in [0.05, 0.1) is 11.5 Å². The highest BCUT2D eigenvalue weighted by Gasteiger charge is 2.19. The van der Waals surface area contributed by atoms with Crippen molar-refractivity contribution in [1.82, 2.24) is 10.2 Å². The van der Waals surface area contributed by atoms with E-state index in [1.807, 2.05) is 0 Å². The Morgan fingerprint density at radius 3 is 2.80 bits per heavy atom. The minimum Gasteiger partial charge on any atom is -0.487 e. The lowest BCUT2D eigenvalue weighted by Gasteiger charge is -2.06. The maximum Gasteiger partial charge on any atom is 0.311 e. The molecule has 8 nitrogen and oxygen atoms in total. The molecule has 2 aromatic rings. The van der Waals surface area contributed by atoms with Gasteiger partial charge in [-0.05, 0) is 25.5 Å². The van der Waals surface area contributed by atoms with Gasteiger partial charge in [-0.2, -0.15) is 0 Å². The average Bonchev–Trinajstić information content (AvgIpc) is 3.02. The number of carbonyl (C=O) groups is 1. The highest BCUT2D eigenvalue weighted by atomic mass is 32.1. The van der Waals surface area contributed by atoms with E-state index in [9.17, 15) is 14.9 Å². The van der Waals surface area contributed by atoms with Crippen LogP contribution in [0.4, 0.5) is 10.8 Å². The van der Waals surface area contributed by atoms with E-state index in [1.54, 1.807) is 6.92 Å². The van der Waals surface area contributed by atoms with Gasteiger partial charge >= 0.3 is 5.69 Å². The van der Waals surface area contributed by atoms with E-state index in [2.05, 4.69) is 22.4 Å². The maximum absolute atomic E-state index is 12.3. The molecule has 1 heterocycles. The van der Waals surface area contributed by atoms with Crippen LogP contribution < -0.4 is 10.1 Å². The van der Waals surface area contributed by atoms with Gasteiger partial charge in [0.2, 0.25) is 5.13 Å². The van der Waals surface area contributed by atoms with Crippen molar-refractivity contribution in [3.05, 3.63) is 38.9 Å². The van der Waals surface area contributed by atoms with Crippen molar-refractivity contribution in [1.29, 1.82) is 0 Å². The maximum atomic E-state index is 12.3. The Morgan fingerprint density at radius 2 is 2.12 bits per heavy atom. The van der Waals surface area contributed by atoms with Gasteiger partial charge in [0.25, 0.3) is 5.91 Å². The lowest BCUT2D eigenvalue weighted by Crippen LogP contribution is -2.12. The molecular weight excluding hydrogens is 344 g/mol. The van der Waals surface area contributed by atoms with Crippen molar-refractivity contribution >= 4 is 28.1 Å². The predicted molar refractivity (Wildman–Crippen MR) is 95.4 cm³/mol. The number of amides is 1. The van der Waals surface area contributed by atoms with E-state index in [1.165, 1.54) is 29.5 Å². The number of carbonyl (C=O) groups excluding carboxylic acids is 1. The van der Waals surface area contributed by atoms with Crippen molar-refractivity contribution in [2.45, 2.75) is 39.5 Å². The number of aryl methyl sites for hydroxylation is 1. The zero-order valence-corrected chi connectivity index (χ0v) is 15.0. The first-order chi connectivity index (χ1) is 12.0. The molecule has 0 unspecified atom stereocenters. The van der Waals surface area contributed by atoms with Gasteiger partial charge in [0, 0.05) is 18.1 Å². The molecule has 0 aliphatic rings. The smallest absolute Gasteiger partial charge is 0.311 e. The van der Waals surface area contributed by atoms with Crippen molar-refractivity contribution in [3.63, 3.8) is 0 Å². The van der Waals surface area contributed by atoms with E-state index in [4.69, 9.17) is 4.74 Å². The normalized spacial score (nSPS) is 10.5. The van der Waals surface area contributed by atoms with Gasteiger partial charge in [0.15, 0.2) is 5.75 Å². The Balaban J connectivity index is 2.07. The lowest BCUT2D eigenvalue weighted by molar-refractivity contribution is -0.385. The molecule has 0 aliphatic heterocycles. The van der Waals surface area contributed by atoms with E-state index in [-0.39, 0.29) is 17.0 Å². The van der Waals surface area contributed by atoms with E-state index in [0.717, 1.165) is 30.7 Å². The first-order valence-corrected chi connectivity index (χ1v) is 8.91. The first-order valence-electron chi connectivity index (χ1n) is 8.10. The SMILES string of the molecule is CCCCCc1nnc(NC(=O)c2ccc(OCC)c([N+](=O)[O-])c2)s1. The van der Waals surface area contributed by atoms with Crippen LogP contribution in [0.1, 0.15) is 48.5 Å². The number of hydrogen-bond donors (Lipinski definition) is 1. The third kappa shape index (κ3) is 5.21. The molecule has 1 N–H and O–H groups in total. The Bertz CT molecular complexity index is 747. The zero-order valence-electron chi connectivity index (χ0n) is 14.2. The molecule has 0 saturated carbocycles. The van der Waals surface area contributed by atoms with Crippen molar-refractivity contribution in [3.8, 4) is 5.75 Å². The summed E-state index contributed by atoms with van der Waals surface area (Å²) >= 11 is 1.32. The molecule has 1 aromatic carbocycles. The quantitative estimate of drug-likeness (QED) is 0.411. The zero-order chi connectivity index (χ0) is 18.2. The second kappa shape index (κ2) is 9.07. The number of rotatable bonds is 9. The number of nitrogens with zero attached hydrogens (tertiary/aromatic N) is 3. The van der Waals surface area contributed by atoms with Gasteiger partial charge in [-0.25, -0.2) is 0 Å². The Hall–Kier alpha value is -2.55. The Labute approximate surface area is 149 Å². The molecule has 0 atom stereocenters. The second-order valence-corrected chi connectivity index (χ2v) is 6.35. The highest BCUT2D eigenvalue weighted by molar-refractivity contribution is 7.15. The summed E-state index contributed by atoms with van der Waals surface area (Å²) in [5.41, 5.74) is -0.0788. The summed E-state index contributed by atoms with van der Waals surface area (Å²) in [6.45, 7) is 4.16. The minimum atomic E-state index is -0.571. The number of ether oxygens (including phenoxy) is 1. The molecule has 0 fully saturated rings. The third-order valence-corrected chi connectivity index (χ3v) is 4.30. The van der Waals surface area contributed by atoms with Crippen LogP contribution in [0.25, 0.3) is 0 Å². The lowest BCUT2D eigenvalue weighted by atomic mass is 10.2. The van der Waals surface area contributed by atoms with E-state index in [0.29, 0.717) is 11.7 Å². The largest absolute Gasteiger partial charge is 0.487 e. The molecule has 0 spiro atoms. The van der Waals surface area contributed by atoms with Crippen molar-refractivity contribution < 1.29 is 14.5 Å². The number of nitro groups is 1. The van der Waals surface area contributed by atoms with E-state index < -0.39 is 10.8 Å². The van der Waals surface area contributed by atoms with Crippen LogP contribution in [0.2, 0.25) is 0 Å². The summed E-state index contributed by atoms with van der Waals surface area (Å²) < 4.78 is 5.21. The van der Waals surface area contributed by atoms with Gasteiger partial charge in [-0.1, -0.05) is 31.1 Å². The summed E-state index contributed by atoms with van der Waals surface area (Å²) in [6, 6.07) is 4.10. The summed E-state index contributed by atoms with van der Waals surface area (Å²) in [6.07, 6.45) is 4.11. The molecular formula is C16H20N4O4S. The molecule has 2 rings (SSSR count). The molecule has 0 aliphatic carbocycles. The molecule has 0 bridgehead atoms. The number of benzene rings is 1.